The number of esters is 1. The Balaban J connectivity index is 0.000000136. The number of nitrogens with one attached hydrogen (secondary N) is 6. The maximum atomic E-state index is 13.6. The number of aliphatic hydroxyl groups excluding tert-OH is 4. The number of carbonyl (C=O) groups is 7. The second-order valence-corrected chi connectivity index (χ2v) is 44.0. The summed E-state index contributed by atoms with van der Waals surface area (Å²) >= 11 is 0. The lowest BCUT2D eigenvalue weighted by molar-refractivity contribution is -0.146. The maximum absolute atomic E-state index is 13.6. The van der Waals surface area contributed by atoms with Crippen LogP contribution in [0.15, 0.2) is 195 Å². The van der Waals surface area contributed by atoms with Crippen LogP contribution in [-0.2, 0) is 48.1 Å². The number of allylic oxidation sites excluding steroid dienone is 4. The van der Waals surface area contributed by atoms with E-state index in [0.717, 1.165) is 157 Å². The van der Waals surface area contributed by atoms with E-state index in [1.54, 1.807) is 76.7 Å². The van der Waals surface area contributed by atoms with Crippen molar-refractivity contribution in [3.8, 4) is 44.5 Å². The van der Waals surface area contributed by atoms with Crippen LogP contribution in [0.25, 0.3) is 68.8 Å². The molecule has 28 atom stereocenters. The zero-order valence-corrected chi connectivity index (χ0v) is 85.9. The molecule has 8 saturated carbocycles. The summed E-state index contributed by atoms with van der Waals surface area (Å²) in [6, 6.07) is 40.5. The Morgan fingerprint density at radius 3 is 1.09 bits per heavy atom. The van der Waals surface area contributed by atoms with Gasteiger partial charge in [-0.2, -0.15) is 0 Å². The number of aromatic nitrogens is 4. The van der Waals surface area contributed by atoms with Gasteiger partial charge in [0.05, 0.1) is 98.6 Å². The van der Waals surface area contributed by atoms with Crippen LogP contribution in [0.4, 0.5) is 36.7 Å². The van der Waals surface area contributed by atoms with E-state index in [0.29, 0.717) is 68.9 Å². The van der Waals surface area contributed by atoms with Gasteiger partial charge in [0.25, 0.3) is 0 Å². The Bertz CT molecular complexity index is 6090. The lowest BCUT2D eigenvalue weighted by Crippen LogP contribution is -2.50. The van der Waals surface area contributed by atoms with E-state index < -0.39 is 51.3 Å². The molecule has 29 nitrogen and oxygen atoms in total. The third kappa shape index (κ3) is 25.4. The predicted octanol–water partition coefficient (Wildman–Crippen LogP) is 17.0. The Labute approximate surface area is 873 Å². The summed E-state index contributed by atoms with van der Waals surface area (Å²) in [5.74, 6) is -0.655. The molecule has 8 heterocycles. The van der Waals surface area contributed by atoms with Crippen molar-refractivity contribution in [1.29, 1.82) is 0 Å². The number of sulfonamides is 1. The van der Waals surface area contributed by atoms with Crippen molar-refractivity contribution < 1.29 is 104 Å². The number of fused-ring (bicyclic) bond motifs is 8. The highest BCUT2D eigenvalue weighted by molar-refractivity contribution is 7.90. The Morgan fingerprint density at radius 1 is 0.407 bits per heavy atom. The van der Waals surface area contributed by atoms with E-state index in [2.05, 4.69) is 75.5 Å². The molecule has 0 radical (unpaired) electrons. The first-order valence-electron chi connectivity index (χ1n) is 53.2. The third-order valence-electron chi connectivity index (χ3n) is 33.7. The lowest BCUT2D eigenvalue weighted by Gasteiger charge is -2.49. The number of hydrogen-bond donors (Lipinski definition) is 10. The molecule has 20 rings (SSSR count). The van der Waals surface area contributed by atoms with Crippen molar-refractivity contribution in [2.75, 3.05) is 59.9 Å². The summed E-state index contributed by atoms with van der Waals surface area (Å²) in [7, 11) is -1.72. The largest absolute Gasteiger partial charge is 0.462 e. The van der Waals surface area contributed by atoms with Gasteiger partial charge in [-0.15, -0.1) is 0 Å². The zero-order chi connectivity index (χ0) is 106. The van der Waals surface area contributed by atoms with E-state index in [-0.39, 0.29) is 187 Å². The molecule has 4 aromatic carbocycles. The van der Waals surface area contributed by atoms with Gasteiger partial charge in [-0.3, -0.25) is 34.3 Å². The van der Waals surface area contributed by atoms with E-state index >= 15 is 0 Å². The molecule has 4 aliphatic heterocycles. The van der Waals surface area contributed by atoms with Gasteiger partial charge in [0.2, 0.25) is 21.8 Å². The number of halogens is 4. The SMILES string of the molecule is CCOC(=O)N[C@@H]1CC[C@@H]2[C@@H](C1)C[C@@H]1[C@H]([C@H]2/C=C/c2ccc(-c3cccc(F)c3)cn2)[C@@H](CO)C(=O)N1C.CCOC(=O)N[C@@H]1CC[C@@H]2[C@@H](C1)C[C@@H]1[C@H]([C@H]2/C=C/c2ccc(-c3cccc(F)c3)cn2)[C@@H](CO)NS1(=O)=O.CCOC(=O)N[C@@H]1CC[C@@H]2[C@@H](C1)C[C@H]1NC(=O)[C@H](CO)[C@H]1[C@H]2/C=C/c1ccc(-c2cccc(F)c2)cn1.CCOC(=O)N[C@@H]1CC[C@@H]2[C@@H](C1)C[C@H]1OC(=O)[C@H](CO)[C@H]1[C@H]2/C=C/c1ccc(-c2cccc(F)c2)cn1. The molecule has 12 fully saturated rings. The van der Waals surface area contributed by atoms with Crippen LogP contribution in [-0.4, -0.2) is 209 Å². The first-order valence-corrected chi connectivity index (χ1v) is 54.7. The van der Waals surface area contributed by atoms with Crippen molar-refractivity contribution in [3.63, 3.8) is 0 Å². The van der Waals surface area contributed by atoms with Crippen molar-refractivity contribution in [3.05, 3.63) is 241 Å². The average molecular weight is 2080 g/mol. The summed E-state index contributed by atoms with van der Waals surface area (Å²) in [5, 5.41) is 54.7. The molecule has 10 N–H and O–H groups in total. The van der Waals surface area contributed by atoms with Gasteiger partial charge in [-0.05, 0) is 333 Å². The number of nitrogens with zero attached hydrogens (tertiary/aromatic N) is 5. The minimum Gasteiger partial charge on any atom is -0.462 e. The molecule has 0 unspecified atom stereocenters. The first kappa shape index (κ1) is 109. The predicted molar refractivity (Wildman–Crippen MR) is 557 cm³/mol. The van der Waals surface area contributed by atoms with Gasteiger partial charge in [0.1, 0.15) is 29.4 Å². The fourth-order valence-corrected chi connectivity index (χ4v) is 29.3. The quantitative estimate of drug-likeness (QED) is 0.0153. The standard InChI is InChI=1S/C30H36FN3O4.C29H34FN3O4.C29H33FN2O5.C28H34FN3O5S/c1-3-38-30(37)33-23-10-11-24-20(14-23)15-27-28(26(17-35)29(36)34(27)2)25(24)12-9-22-8-7-19(16-32-22)18-5-4-6-21(31)13-18;1-2-37-29(36)32-22-9-10-23-19(13-22)14-26-27(25(16-34)28(35)33-26)24(23)11-8-21-7-6-18(15-31-21)17-4-3-5-20(30)12-17;1-2-36-29(35)32-22-9-10-23-19(13-22)14-26-27(25(16-33)28(34)37-26)24(23)11-8-21-7-6-18(15-31-21)17-4-3-5-20(30)12-17;1-2-37-28(34)31-22-9-10-23-19(13-22)14-26-27(25(16-33)32-38(26,35)36)24(23)11-8-21-7-6-18(15-30-21)17-4-3-5-20(29)12-17/h4-9,12-13,16,20,23-28,35H,3,10-11,14-15,17H2,1-2H3,(H,33,37);3-8,11-12,15,19,22-27,34H,2,9-10,13-14,16H2,1H3,(H,32,36)(H,33,35);3-8,11-12,15,19,22-27,33H,2,9-10,13-14,16H2,1H3,(H,32,35);3-8,11-12,15,19,22-27,32-33H,2,9-10,13-14,16H2,1H3,(H,31,34)/b12-9+;3*11-8+/t20-,23+,24+,25-,26+,27+,28+;3*19-,22+,23+,24-,25+,26+,27+/m0000/s1. The van der Waals surface area contributed by atoms with Gasteiger partial charge in [-0.25, -0.2) is 49.9 Å². The molecule has 12 aliphatic rings. The minimum absolute atomic E-state index is 0.00482. The van der Waals surface area contributed by atoms with Gasteiger partial charge in [0.15, 0.2) is 0 Å². The summed E-state index contributed by atoms with van der Waals surface area (Å²) in [6.07, 6.45) is 34.6. The normalized spacial score (nSPS) is 31.1. The van der Waals surface area contributed by atoms with Crippen LogP contribution in [0.1, 0.15) is 153 Å². The molecule has 6 amide bonds. The van der Waals surface area contributed by atoms with Crippen molar-refractivity contribution in [2.45, 2.75) is 184 Å². The topological polar surface area (TPSA) is 408 Å². The molecule has 34 heteroatoms. The second kappa shape index (κ2) is 49.7. The van der Waals surface area contributed by atoms with Crippen molar-refractivity contribution >= 4 is 76.5 Å². The summed E-state index contributed by atoms with van der Waals surface area (Å²) < 4.78 is 109. The lowest BCUT2D eigenvalue weighted by atomic mass is 9.57. The molecule has 798 valence electrons. The molecule has 8 aliphatic carbocycles. The Morgan fingerprint density at radius 2 is 0.747 bits per heavy atom. The fraction of sp³-hybridized carbons (Fsp3) is 0.491. The molecule has 4 aromatic heterocycles. The average Bonchev–Trinajstić information content (AvgIpc) is 1.57. The first-order chi connectivity index (χ1) is 72.6. The molecular formula is C116H137F4N11O18S. The number of hydrogen-bond acceptors (Lipinski definition) is 22. The van der Waals surface area contributed by atoms with Crippen LogP contribution >= 0.6 is 0 Å². The molecule has 0 spiro atoms. The zero-order valence-electron chi connectivity index (χ0n) is 85.1. The number of rotatable bonds is 24. The monoisotopic (exact) mass is 2080 g/mol. The van der Waals surface area contributed by atoms with Crippen LogP contribution < -0.4 is 31.3 Å². The number of benzene rings is 4. The number of likely N-dealkylation sites (tertiary alicyclic amines) is 1. The van der Waals surface area contributed by atoms with E-state index in [4.69, 9.17) is 23.7 Å². The smallest absolute Gasteiger partial charge is 0.407 e. The number of aliphatic hydroxyl groups is 4. The molecule has 0 bridgehead atoms. The summed E-state index contributed by atoms with van der Waals surface area (Å²) in [4.78, 5) is 106. The maximum Gasteiger partial charge on any atom is 0.407 e. The number of pyridine rings is 4. The van der Waals surface area contributed by atoms with Gasteiger partial charge in [0, 0.05) is 108 Å². The van der Waals surface area contributed by atoms with E-state index in [9.17, 15) is 80.0 Å². The highest BCUT2D eigenvalue weighted by Crippen LogP contribution is 2.58. The summed E-state index contributed by atoms with van der Waals surface area (Å²) in [5.41, 5.74) is 9.44. The molecular weight excluding hydrogens is 1940 g/mol. The number of alkyl carbamates (subject to hydrolysis) is 4. The third-order valence-corrected chi connectivity index (χ3v) is 35.7. The molecule has 8 aromatic rings. The highest BCUT2D eigenvalue weighted by Gasteiger charge is 2.61. The second-order valence-electron chi connectivity index (χ2n) is 42.1. The summed E-state index contributed by atoms with van der Waals surface area (Å²) in [6.45, 7) is 7.64. The molecule has 4 saturated heterocycles. The van der Waals surface area contributed by atoms with Crippen LogP contribution in [0.5, 0.6) is 0 Å². The van der Waals surface area contributed by atoms with Crippen molar-refractivity contribution in [2.24, 2.45) is 112 Å². The van der Waals surface area contributed by atoms with E-state index in [1.165, 1.54) is 48.5 Å². The van der Waals surface area contributed by atoms with E-state index in [1.807, 2.05) is 109 Å². The Hall–Kier alpha value is -12.6. The van der Waals surface area contributed by atoms with Crippen LogP contribution in [0.3, 0.4) is 0 Å². The number of amides is 6. The van der Waals surface area contributed by atoms with Crippen LogP contribution in [0, 0.1) is 136 Å². The molecule has 150 heavy (non-hydrogen) atoms. The van der Waals surface area contributed by atoms with Crippen molar-refractivity contribution in [1.82, 2.24) is 56.1 Å². The number of carbonyl (C=O) groups excluding carboxylic acids is 7. The number of ether oxygens (including phenoxy) is 5. The van der Waals surface area contributed by atoms with Gasteiger partial charge in [-0.1, -0.05) is 97.1 Å². The van der Waals surface area contributed by atoms with Gasteiger partial charge < -0.3 is 75.6 Å². The highest BCUT2D eigenvalue weighted by atomic mass is 32.2. The van der Waals surface area contributed by atoms with Gasteiger partial charge >= 0.3 is 30.3 Å². The van der Waals surface area contributed by atoms with Crippen LogP contribution in [0.2, 0.25) is 0 Å². The fourth-order valence-electron chi connectivity index (χ4n) is 27.2. The Kier molecular flexibility index (Phi) is 36.0. The minimum atomic E-state index is -3.57.